The Morgan fingerprint density at radius 2 is 0.941 bits per heavy atom. The quantitative estimate of drug-likeness (QED) is 0.192. The number of H-pyrrole nitrogens is 3. The standard InChI is InChI=1S/3C5H8N2.2CN3O2.Cu/c3*1-4-3-5(2)7-6-4;2*2-1-3-4(5)6;/h3*3H,1-2H3,(H,6,7);;;/q;;;2*-1;+2. The van der Waals surface area contributed by atoms with Crippen molar-refractivity contribution in [3.8, 4) is 12.4 Å². The number of rotatable bonds is 2. The van der Waals surface area contributed by atoms with Crippen molar-refractivity contribution in [3.63, 3.8) is 0 Å². The molecule has 3 rings (SSSR count). The van der Waals surface area contributed by atoms with Crippen LogP contribution in [0.3, 0.4) is 0 Å². The SMILES string of the molecule is Cc1cc(C)[nH]n1.Cc1cc(C)[nH]n1.Cc1cc(C)[nH]n1.N#C[N-][N+](=O)[O-].N#C[N-][N+](=O)[O-].[Cu+2]. The fourth-order valence-electron chi connectivity index (χ4n) is 1.74. The predicted molar refractivity (Wildman–Crippen MR) is 116 cm³/mol. The second-order valence-corrected chi connectivity index (χ2v) is 5.95. The van der Waals surface area contributed by atoms with Gasteiger partial charge in [0.2, 0.25) is 0 Å². The Labute approximate surface area is 205 Å². The van der Waals surface area contributed by atoms with Gasteiger partial charge in [0.15, 0.2) is 0 Å². The number of hydrogen-bond donors (Lipinski definition) is 3. The van der Waals surface area contributed by atoms with Gasteiger partial charge in [-0.15, -0.1) is 0 Å². The number of nitrogens with zero attached hydrogens (tertiary/aromatic N) is 9. The first-order chi connectivity index (χ1) is 15.4. The van der Waals surface area contributed by atoms with Gasteiger partial charge in [-0.1, -0.05) is 10.9 Å². The number of nitriles is 2. The molecule has 0 aromatic carbocycles. The van der Waals surface area contributed by atoms with Crippen LogP contribution in [0.5, 0.6) is 0 Å². The van der Waals surface area contributed by atoms with E-state index in [2.05, 4.69) is 41.4 Å². The molecule has 3 aromatic rings. The maximum absolute atomic E-state index is 9.02. The minimum Gasteiger partial charge on any atom is -0.489 e. The monoisotopic (exact) mass is 523 g/mol. The van der Waals surface area contributed by atoms with E-state index in [0.717, 1.165) is 46.5 Å². The van der Waals surface area contributed by atoms with Crippen molar-refractivity contribution >= 4 is 0 Å². The van der Waals surface area contributed by atoms with E-state index in [4.69, 9.17) is 30.8 Å². The summed E-state index contributed by atoms with van der Waals surface area (Å²) in [6.07, 6.45) is 1.99. The van der Waals surface area contributed by atoms with E-state index in [1.165, 1.54) is 0 Å². The molecule has 16 nitrogen and oxygen atoms in total. The van der Waals surface area contributed by atoms with Crippen molar-refractivity contribution in [2.45, 2.75) is 41.5 Å². The van der Waals surface area contributed by atoms with Gasteiger partial charge >= 0.3 is 17.1 Å². The zero-order valence-electron chi connectivity index (χ0n) is 19.2. The summed E-state index contributed by atoms with van der Waals surface area (Å²) < 4.78 is 0. The van der Waals surface area contributed by atoms with Gasteiger partial charge in [0.05, 0.1) is 27.1 Å². The van der Waals surface area contributed by atoms with E-state index in [1.807, 2.05) is 59.7 Å². The average Bonchev–Trinajstić information content (AvgIpc) is 3.39. The Kier molecular flexibility index (Phi) is 20.5. The fraction of sp³-hybridized carbons (Fsp3) is 0.353. The molecule has 0 fully saturated rings. The number of nitrogens with one attached hydrogen (secondary N) is 3. The van der Waals surface area contributed by atoms with Crippen molar-refractivity contribution in [3.05, 3.63) is 83.4 Å². The van der Waals surface area contributed by atoms with Crippen LogP contribution in [-0.2, 0) is 17.1 Å². The molecular formula is C17H24CuN12O4. The number of nitro groups is 2. The van der Waals surface area contributed by atoms with E-state index < -0.39 is 10.1 Å². The number of aromatic amines is 3. The summed E-state index contributed by atoms with van der Waals surface area (Å²) in [6, 6.07) is 6.00. The first kappa shape index (κ1) is 34.1. The summed E-state index contributed by atoms with van der Waals surface area (Å²) in [5.74, 6) is 0. The summed E-state index contributed by atoms with van der Waals surface area (Å²) in [4.78, 5) is 18.0. The van der Waals surface area contributed by atoms with Gasteiger partial charge in [-0.05, 0) is 72.1 Å². The topological polar surface area (TPSA) is 248 Å². The zero-order valence-corrected chi connectivity index (χ0v) is 20.1. The minimum absolute atomic E-state index is 0. The van der Waals surface area contributed by atoms with Crippen LogP contribution < -0.4 is 0 Å². The molecule has 17 heteroatoms. The average molecular weight is 524 g/mol. The maximum Gasteiger partial charge on any atom is 2.00 e. The summed E-state index contributed by atoms with van der Waals surface area (Å²) in [5, 5.41) is 50.8. The fourth-order valence-corrected chi connectivity index (χ4v) is 1.74. The molecule has 0 unspecified atom stereocenters. The smallest absolute Gasteiger partial charge is 0.489 e. The van der Waals surface area contributed by atoms with Crippen LogP contribution in [-0.4, -0.2) is 40.7 Å². The second-order valence-electron chi connectivity index (χ2n) is 5.95. The Hall–Kier alpha value is -4.47. The third kappa shape index (κ3) is 23.8. The third-order valence-electron chi connectivity index (χ3n) is 2.75. The van der Waals surface area contributed by atoms with Crippen molar-refractivity contribution in [2.24, 2.45) is 0 Å². The molecule has 187 valence electrons. The molecular weight excluding hydrogens is 500 g/mol. The normalized spacial score (nSPS) is 7.88. The van der Waals surface area contributed by atoms with E-state index in [-0.39, 0.29) is 17.1 Å². The Balaban J connectivity index is -0.000000352. The van der Waals surface area contributed by atoms with Crippen molar-refractivity contribution in [1.82, 2.24) is 30.6 Å². The molecule has 34 heavy (non-hydrogen) atoms. The molecule has 0 bridgehead atoms. The molecule has 3 N–H and O–H groups in total. The Bertz CT molecular complexity index is 881. The Morgan fingerprint density at radius 1 is 0.706 bits per heavy atom. The van der Waals surface area contributed by atoms with Crippen LogP contribution in [0.2, 0.25) is 0 Å². The van der Waals surface area contributed by atoms with Gasteiger partial charge < -0.3 is 10.5 Å². The van der Waals surface area contributed by atoms with Gasteiger partial charge in [-0.3, -0.25) is 35.5 Å². The van der Waals surface area contributed by atoms with Crippen molar-refractivity contribution in [2.75, 3.05) is 0 Å². The van der Waals surface area contributed by atoms with Gasteiger partial charge in [-0.25, -0.2) is 0 Å². The molecule has 3 heterocycles. The van der Waals surface area contributed by atoms with E-state index in [1.54, 1.807) is 0 Å². The second kappa shape index (κ2) is 20.4. The maximum atomic E-state index is 9.02. The molecule has 0 atom stereocenters. The van der Waals surface area contributed by atoms with Crippen LogP contribution in [0.1, 0.15) is 34.2 Å². The molecule has 0 aliphatic carbocycles. The molecule has 0 spiro atoms. The largest absolute Gasteiger partial charge is 2.00 e. The summed E-state index contributed by atoms with van der Waals surface area (Å²) in [6.45, 7) is 11.8. The summed E-state index contributed by atoms with van der Waals surface area (Å²) in [5.41, 5.74) is 10.8. The van der Waals surface area contributed by atoms with Crippen LogP contribution in [0.15, 0.2) is 18.2 Å². The van der Waals surface area contributed by atoms with Gasteiger partial charge in [0.25, 0.3) is 0 Å². The first-order valence-electron chi connectivity index (χ1n) is 8.85. The van der Waals surface area contributed by atoms with E-state index in [9.17, 15) is 0 Å². The molecule has 0 saturated heterocycles. The van der Waals surface area contributed by atoms with E-state index in [0.29, 0.717) is 0 Å². The molecule has 0 aliphatic heterocycles. The molecule has 0 saturated carbocycles. The van der Waals surface area contributed by atoms with Crippen LogP contribution >= 0.6 is 0 Å². The third-order valence-corrected chi connectivity index (χ3v) is 2.75. The summed E-state index contributed by atoms with van der Waals surface area (Å²) in [7, 11) is 0. The zero-order chi connectivity index (χ0) is 25.8. The van der Waals surface area contributed by atoms with Crippen LogP contribution in [0.4, 0.5) is 0 Å². The van der Waals surface area contributed by atoms with Crippen molar-refractivity contribution < 1.29 is 27.1 Å². The predicted octanol–water partition coefficient (Wildman–Crippen LogP) is 3.14. The van der Waals surface area contributed by atoms with Gasteiger partial charge in [0.1, 0.15) is 0 Å². The van der Waals surface area contributed by atoms with Crippen LogP contribution in [0, 0.1) is 84.7 Å². The number of hydrogen-bond acceptors (Lipinski definition) is 9. The first-order valence-corrected chi connectivity index (χ1v) is 8.85. The molecule has 3 aromatic heterocycles. The van der Waals surface area contributed by atoms with E-state index >= 15 is 0 Å². The molecule has 0 amide bonds. The number of aryl methyl sites for hydroxylation is 6. The van der Waals surface area contributed by atoms with Crippen molar-refractivity contribution in [1.29, 1.82) is 10.5 Å². The van der Waals surface area contributed by atoms with Gasteiger partial charge in [0, 0.05) is 17.1 Å². The Morgan fingerprint density at radius 3 is 0.971 bits per heavy atom. The summed E-state index contributed by atoms with van der Waals surface area (Å²) >= 11 is 0. The minimum atomic E-state index is -1.06. The molecule has 1 radical (unpaired) electrons. The van der Waals surface area contributed by atoms with Gasteiger partial charge in [-0.2, -0.15) is 15.3 Å². The van der Waals surface area contributed by atoms with Crippen LogP contribution in [0.25, 0.3) is 10.9 Å². The number of aromatic nitrogens is 6. The molecule has 0 aliphatic rings.